The molecule has 2 unspecified atom stereocenters. The second-order valence-corrected chi connectivity index (χ2v) is 10.4. The van der Waals surface area contributed by atoms with E-state index in [1.54, 1.807) is 6.07 Å². The molecule has 2 aromatic carbocycles. The lowest BCUT2D eigenvalue weighted by Crippen LogP contribution is -2.52. The maximum atomic E-state index is 13.9. The first-order valence-electron chi connectivity index (χ1n) is 11.1. The van der Waals surface area contributed by atoms with E-state index in [-0.39, 0.29) is 5.54 Å². The number of carboxylic acid groups (broad SMARTS) is 1. The van der Waals surface area contributed by atoms with Gasteiger partial charge >= 0.3 is 5.97 Å². The summed E-state index contributed by atoms with van der Waals surface area (Å²) in [4.78, 5) is 14.7. The summed E-state index contributed by atoms with van der Waals surface area (Å²) in [6.45, 7) is 5.07. The predicted molar refractivity (Wildman–Crippen MR) is 136 cm³/mol. The lowest BCUT2D eigenvalue weighted by Gasteiger charge is -2.41. The number of unbranched alkanes of at least 4 members (excludes halogenated alkanes) is 1. The molecule has 0 bridgehead atoms. The van der Waals surface area contributed by atoms with Crippen LogP contribution in [0.25, 0.3) is 0 Å². The first-order chi connectivity index (χ1) is 15.9. The fraction of sp³-hybridized carbons (Fsp3) is 0.400. The Labute approximate surface area is 203 Å². The van der Waals surface area contributed by atoms with Gasteiger partial charge in [0.1, 0.15) is 16.7 Å². The van der Waals surface area contributed by atoms with Crippen molar-refractivity contribution >= 4 is 40.1 Å². The summed E-state index contributed by atoms with van der Waals surface area (Å²) >= 11 is 1.51. The quantitative estimate of drug-likeness (QED) is 0.272. The number of nitrogens with zero attached hydrogens (tertiary/aromatic N) is 2. The average Bonchev–Trinajstić information content (AvgIpc) is 2.91. The number of ether oxygens (including phenoxy) is 1. The van der Waals surface area contributed by atoms with E-state index >= 15 is 0 Å². The average molecular weight is 489 g/mol. The topological polar surface area (TPSA) is 70.1 Å². The molecule has 6 nitrogen and oxygen atoms in total. The fourth-order valence-electron chi connectivity index (χ4n) is 4.19. The molecule has 0 saturated heterocycles. The van der Waals surface area contributed by atoms with Gasteiger partial charge in [0, 0.05) is 25.3 Å². The molecular weight excluding hydrogens is 456 g/mol. The molecule has 2 atom stereocenters. The molecule has 0 aromatic heterocycles. The van der Waals surface area contributed by atoms with Crippen LogP contribution in [0.5, 0.6) is 5.75 Å². The maximum Gasteiger partial charge on any atom is 0.331 e. The number of benzene rings is 2. The molecule has 1 aliphatic rings. The number of carbonyl (C=O) groups is 1. The molecule has 0 amide bonds. The smallest absolute Gasteiger partial charge is 0.331 e. The van der Waals surface area contributed by atoms with E-state index in [1.165, 1.54) is 11.8 Å². The van der Waals surface area contributed by atoms with Crippen LogP contribution in [0.1, 0.15) is 39.5 Å². The van der Waals surface area contributed by atoms with Crippen LogP contribution < -0.4 is 9.64 Å². The van der Waals surface area contributed by atoms with E-state index in [1.807, 2.05) is 41.9 Å². The van der Waals surface area contributed by atoms with Gasteiger partial charge in [-0.1, -0.05) is 44.9 Å². The number of rotatable bonds is 9. The van der Waals surface area contributed by atoms with E-state index in [2.05, 4.69) is 30.9 Å². The molecule has 0 fully saturated rings. The van der Waals surface area contributed by atoms with Crippen LogP contribution in [0.3, 0.4) is 0 Å². The highest BCUT2D eigenvalue weighted by Crippen LogP contribution is 2.45. The minimum atomic E-state index is -1.42. The van der Waals surface area contributed by atoms with Gasteiger partial charge in [0.05, 0.1) is 33.4 Å². The number of aliphatic carboxylic acids is 1. The molecule has 33 heavy (non-hydrogen) atoms. The third kappa shape index (κ3) is 5.45. The lowest BCUT2D eigenvalue weighted by atomic mass is 9.88. The normalized spacial score (nSPS) is 21.1. The lowest BCUT2D eigenvalue weighted by molar-refractivity contribution is -0.131. The van der Waals surface area contributed by atoms with Crippen LogP contribution in [0.4, 0.5) is 11.4 Å². The largest absolute Gasteiger partial charge is 0.478 e. The Morgan fingerprint density at radius 2 is 2.00 bits per heavy atom. The molecule has 2 aromatic rings. The molecule has 178 valence electrons. The van der Waals surface area contributed by atoms with Crippen molar-refractivity contribution in [3.05, 3.63) is 54.8 Å². The summed E-state index contributed by atoms with van der Waals surface area (Å²) in [6.07, 6.45) is 7.98. The van der Waals surface area contributed by atoms with Crippen LogP contribution in [0.2, 0.25) is 0 Å². The number of carboxylic acids is 1. The molecule has 0 aliphatic carbocycles. The third-order valence-electron chi connectivity index (χ3n) is 6.22. The fourth-order valence-corrected chi connectivity index (χ4v) is 6.21. The van der Waals surface area contributed by atoms with Gasteiger partial charge in [0.25, 0.3) is 0 Å². The Kier molecular flexibility index (Phi) is 8.62. The Morgan fingerprint density at radius 1 is 1.27 bits per heavy atom. The number of hydrogen-bond acceptors (Lipinski definition) is 5. The molecule has 1 heterocycles. The van der Waals surface area contributed by atoms with Gasteiger partial charge in [0.2, 0.25) is 0 Å². The van der Waals surface area contributed by atoms with Crippen molar-refractivity contribution in [2.45, 2.75) is 54.9 Å². The molecule has 8 heteroatoms. The summed E-state index contributed by atoms with van der Waals surface area (Å²) < 4.78 is 21.6. The highest BCUT2D eigenvalue weighted by molar-refractivity contribution is 7.98. The molecular formula is C25H32N2O4S2. The standard InChI is InChI=1S/C25H32N2O4S2/c1-5-7-14-25(6-2)18-27(19-11-9-8-10-12-19)20-16-22(32-4)21(31-15-13-24(28)29)17-23(20)33(30)26(25)3/h8-13,15-17H,5-7,14,18H2,1-4H3,(H,28,29)/b15-13+. The van der Waals surface area contributed by atoms with Gasteiger partial charge in [-0.05, 0) is 37.3 Å². The minimum absolute atomic E-state index is 0.264. The Balaban J connectivity index is 2.20. The van der Waals surface area contributed by atoms with Crippen LogP contribution in [0, 0.1) is 0 Å². The van der Waals surface area contributed by atoms with Crippen molar-refractivity contribution in [2.75, 3.05) is 24.7 Å². The van der Waals surface area contributed by atoms with E-state index in [0.717, 1.165) is 60.8 Å². The number of fused-ring (bicyclic) bond motifs is 1. The SMILES string of the molecule is CCCCC1(CC)CN(c2ccccc2)c2cc(SC)c(O/C=C/C(=O)O)cc2S(=O)N1C. The van der Waals surface area contributed by atoms with Crippen molar-refractivity contribution < 1.29 is 18.8 Å². The summed E-state index contributed by atoms with van der Waals surface area (Å²) in [6, 6.07) is 14.0. The van der Waals surface area contributed by atoms with E-state index < -0.39 is 17.0 Å². The van der Waals surface area contributed by atoms with E-state index in [9.17, 15) is 9.00 Å². The van der Waals surface area contributed by atoms with Gasteiger partial charge in [-0.3, -0.25) is 0 Å². The van der Waals surface area contributed by atoms with Crippen molar-refractivity contribution in [3.63, 3.8) is 0 Å². The third-order valence-corrected chi connectivity index (χ3v) is 8.57. The van der Waals surface area contributed by atoms with Crippen LogP contribution >= 0.6 is 11.8 Å². The number of thioether (sulfide) groups is 1. The summed E-state index contributed by atoms with van der Waals surface area (Å²) in [5.41, 5.74) is 1.67. The van der Waals surface area contributed by atoms with Crippen LogP contribution in [-0.4, -0.2) is 45.0 Å². The molecule has 0 spiro atoms. The number of para-hydroxylation sites is 1. The first-order valence-corrected chi connectivity index (χ1v) is 13.5. The van der Waals surface area contributed by atoms with Crippen LogP contribution in [-0.2, 0) is 15.8 Å². The number of likely N-dealkylation sites (N-methyl/N-ethyl adjacent to an activating group) is 1. The Hall–Kier alpha value is -2.29. The van der Waals surface area contributed by atoms with Crippen LogP contribution in [0.15, 0.2) is 64.6 Å². The van der Waals surface area contributed by atoms with E-state index in [4.69, 9.17) is 9.84 Å². The zero-order valence-electron chi connectivity index (χ0n) is 19.6. The predicted octanol–water partition coefficient (Wildman–Crippen LogP) is 5.83. The Morgan fingerprint density at radius 3 is 2.61 bits per heavy atom. The zero-order chi connectivity index (χ0) is 24.0. The molecule has 0 radical (unpaired) electrons. The number of hydrogen-bond donors (Lipinski definition) is 1. The minimum Gasteiger partial charge on any atom is -0.478 e. The van der Waals surface area contributed by atoms with Gasteiger partial charge in [0.15, 0.2) is 0 Å². The van der Waals surface area contributed by atoms with Gasteiger partial charge < -0.3 is 14.7 Å². The highest BCUT2D eigenvalue weighted by Gasteiger charge is 2.42. The molecule has 3 rings (SSSR count). The summed E-state index contributed by atoms with van der Waals surface area (Å²) in [5.74, 6) is -0.594. The Bertz CT molecular complexity index is 1030. The van der Waals surface area contributed by atoms with Gasteiger partial charge in [-0.15, -0.1) is 11.8 Å². The van der Waals surface area contributed by atoms with Gasteiger partial charge in [-0.25, -0.2) is 13.3 Å². The van der Waals surface area contributed by atoms with Crippen molar-refractivity contribution in [1.82, 2.24) is 4.31 Å². The highest BCUT2D eigenvalue weighted by atomic mass is 32.2. The van der Waals surface area contributed by atoms with E-state index in [0.29, 0.717) is 10.6 Å². The number of anilines is 2. The second-order valence-electron chi connectivity index (χ2n) is 8.08. The zero-order valence-corrected chi connectivity index (χ0v) is 21.2. The maximum absolute atomic E-state index is 13.9. The molecule has 1 aliphatic heterocycles. The van der Waals surface area contributed by atoms with Gasteiger partial charge in [-0.2, -0.15) is 0 Å². The first kappa shape index (κ1) is 25.3. The molecule has 0 saturated carbocycles. The van der Waals surface area contributed by atoms with Crippen molar-refractivity contribution in [2.24, 2.45) is 0 Å². The van der Waals surface area contributed by atoms with Crippen molar-refractivity contribution in [1.29, 1.82) is 0 Å². The van der Waals surface area contributed by atoms with Crippen molar-refractivity contribution in [3.8, 4) is 5.75 Å². The molecule has 1 N–H and O–H groups in total. The summed E-state index contributed by atoms with van der Waals surface area (Å²) in [7, 11) is 0.528. The monoisotopic (exact) mass is 488 g/mol. The second kappa shape index (κ2) is 11.2. The summed E-state index contributed by atoms with van der Waals surface area (Å²) in [5, 5.41) is 8.91.